The fraction of sp³-hybridized carbons (Fsp3) is 0.529. The summed E-state index contributed by atoms with van der Waals surface area (Å²) < 4.78 is 2.24. The van der Waals surface area contributed by atoms with E-state index < -0.39 is 0 Å². The zero-order valence-electron chi connectivity index (χ0n) is 14.0. The Morgan fingerprint density at radius 1 is 1.39 bits per heavy atom. The Morgan fingerprint density at radius 3 is 2.83 bits per heavy atom. The van der Waals surface area contributed by atoms with Gasteiger partial charge < -0.3 is 15.2 Å². The summed E-state index contributed by atoms with van der Waals surface area (Å²) in [5, 5.41) is 6.81. The largest absolute Gasteiger partial charge is 0.357 e. The van der Waals surface area contributed by atoms with Crippen LogP contribution in [0.2, 0.25) is 0 Å². The van der Waals surface area contributed by atoms with Crippen molar-refractivity contribution in [3.8, 4) is 0 Å². The van der Waals surface area contributed by atoms with E-state index in [0.717, 1.165) is 42.9 Å². The topological polar surface area (TPSA) is 54.2 Å². The lowest BCUT2D eigenvalue weighted by Gasteiger charge is -2.11. The number of imidazole rings is 1. The van der Waals surface area contributed by atoms with Gasteiger partial charge in [0.05, 0.1) is 17.6 Å². The van der Waals surface area contributed by atoms with Crippen molar-refractivity contribution >= 4 is 41.0 Å². The van der Waals surface area contributed by atoms with Gasteiger partial charge in [0, 0.05) is 19.1 Å². The summed E-state index contributed by atoms with van der Waals surface area (Å²) >= 11 is 0. The zero-order chi connectivity index (χ0) is 15.5. The molecular formula is C17H26IN5. The van der Waals surface area contributed by atoms with Gasteiger partial charge in [-0.1, -0.05) is 19.1 Å². The molecule has 1 saturated carbocycles. The molecule has 2 atom stereocenters. The van der Waals surface area contributed by atoms with E-state index in [-0.39, 0.29) is 24.0 Å². The predicted molar refractivity (Wildman–Crippen MR) is 107 cm³/mol. The Hall–Kier alpha value is -1.31. The minimum atomic E-state index is 0. The predicted octanol–water partition coefficient (Wildman–Crippen LogP) is 2.93. The summed E-state index contributed by atoms with van der Waals surface area (Å²) in [6, 6.07) is 8.86. The van der Waals surface area contributed by atoms with Crippen molar-refractivity contribution in [3.05, 3.63) is 30.1 Å². The number of hydrogen-bond acceptors (Lipinski definition) is 2. The summed E-state index contributed by atoms with van der Waals surface area (Å²) in [5.74, 6) is 2.74. The Balaban J connectivity index is 0.00000192. The van der Waals surface area contributed by atoms with Crippen molar-refractivity contribution in [2.45, 2.75) is 39.8 Å². The maximum atomic E-state index is 4.70. The molecule has 0 spiro atoms. The summed E-state index contributed by atoms with van der Waals surface area (Å²) in [5.41, 5.74) is 2.24. The molecule has 1 heterocycles. The molecule has 6 heteroatoms. The van der Waals surface area contributed by atoms with Crippen molar-refractivity contribution < 1.29 is 0 Å². The molecule has 1 aromatic carbocycles. The highest BCUT2D eigenvalue weighted by Gasteiger charge is 2.33. The van der Waals surface area contributed by atoms with Crippen LogP contribution in [-0.4, -0.2) is 34.6 Å². The van der Waals surface area contributed by atoms with E-state index in [1.807, 2.05) is 6.07 Å². The van der Waals surface area contributed by atoms with Gasteiger partial charge in [0.1, 0.15) is 5.82 Å². The number of aromatic nitrogens is 2. The minimum absolute atomic E-state index is 0. The number of hydrogen-bond donors (Lipinski definition) is 2. The standard InChI is InChI=1S/C17H25N5.HI/c1-4-18-17(21-15-11-12(15)2)19-9-10-22-13(3)20-14-7-5-6-8-16(14)22;/h5-8,12,15H,4,9-11H2,1-3H3,(H2,18,19,21);1H. The van der Waals surface area contributed by atoms with Crippen molar-refractivity contribution in [3.63, 3.8) is 0 Å². The van der Waals surface area contributed by atoms with Crippen LogP contribution in [0.5, 0.6) is 0 Å². The van der Waals surface area contributed by atoms with Crippen LogP contribution in [0.4, 0.5) is 0 Å². The number of rotatable bonds is 5. The number of nitrogens with one attached hydrogen (secondary N) is 2. The molecule has 1 aliphatic carbocycles. The van der Waals surface area contributed by atoms with Gasteiger partial charge in [-0.25, -0.2) is 4.98 Å². The molecule has 23 heavy (non-hydrogen) atoms. The van der Waals surface area contributed by atoms with Crippen LogP contribution >= 0.6 is 24.0 Å². The van der Waals surface area contributed by atoms with Crippen molar-refractivity contribution in [2.24, 2.45) is 10.9 Å². The highest BCUT2D eigenvalue weighted by molar-refractivity contribution is 14.0. The van der Waals surface area contributed by atoms with E-state index in [0.29, 0.717) is 6.04 Å². The quantitative estimate of drug-likeness (QED) is 0.439. The van der Waals surface area contributed by atoms with Crippen LogP contribution in [0, 0.1) is 12.8 Å². The second kappa shape index (κ2) is 7.99. The van der Waals surface area contributed by atoms with Crippen LogP contribution in [0.1, 0.15) is 26.1 Å². The smallest absolute Gasteiger partial charge is 0.191 e. The molecule has 1 fully saturated rings. The van der Waals surface area contributed by atoms with Crippen LogP contribution in [-0.2, 0) is 6.54 Å². The van der Waals surface area contributed by atoms with Crippen LogP contribution in [0.25, 0.3) is 11.0 Å². The number of nitrogens with zero attached hydrogens (tertiary/aromatic N) is 3. The number of halogens is 1. The molecule has 1 aliphatic rings. The van der Waals surface area contributed by atoms with Crippen LogP contribution < -0.4 is 10.6 Å². The Morgan fingerprint density at radius 2 is 2.13 bits per heavy atom. The average Bonchev–Trinajstić information content (AvgIpc) is 3.09. The van der Waals surface area contributed by atoms with E-state index in [4.69, 9.17) is 4.99 Å². The lowest BCUT2D eigenvalue weighted by molar-refractivity contribution is 0.692. The second-order valence-corrected chi connectivity index (χ2v) is 6.02. The number of guanidine groups is 1. The molecule has 3 rings (SSSR count). The van der Waals surface area contributed by atoms with Gasteiger partial charge >= 0.3 is 0 Å². The van der Waals surface area contributed by atoms with Gasteiger partial charge in [-0.05, 0) is 38.3 Å². The molecule has 0 saturated heterocycles. The number of para-hydroxylation sites is 2. The lowest BCUT2D eigenvalue weighted by Crippen LogP contribution is -2.39. The molecule has 0 radical (unpaired) electrons. The highest BCUT2D eigenvalue weighted by atomic mass is 127. The van der Waals surface area contributed by atoms with E-state index in [9.17, 15) is 0 Å². The molecule has 5 nitrogen and oxygen atoms in total. The summed E-state index contributed by atoms with van der Waals surface area (Å²) in [4.78, 5) is 9.30. The van der Waals surface area contributed by atoms with E-state index in [1.165, 1.54) is 11.9 Å². The fourth-order valence-electron chi connectivity index (χ4n) is 2.76. The first-order valence-corrected chi connectivity index (χ1v) is 8.15. The number of aliphatic imine (C=N–C) groups is 1. The molecular weight excluding hydrogens is 401 g/mol. The van der Waals surface area contributed by atoms with Gasteiger partial charge in [-0.2, -0.15) is 0 Å². The van der Waals surface area contributed by atoms with Crippen molar-refractivity contribution in [2.75, 3.05) is 13.1 Å². The third-order valence-electron chi connectivity index (χ3n) is 4.21. The van der Waals surface area contributed by atoms with Gasteiger partial charge in [0.25, 0.3) is 0 Å². The summed E-state index contributed by atoms with van der Waals surface area (Å²) in [6.45, 7) is 8.91. The maximum absolute atomic E-state index is 4.70. The van der Waals surface area contributed by atoms with E-state index >= 15 is 0 Å². The minimum Gasteiger partial charge on any atom is -0.357 e. The molecule has 2 aromatic rings. The first kappa shape index (κ1) is 18.0. The Kier molecular flexibility index (Phi) is 6.26. The molecule has 0 aliphatic heterocycles. The second-order valence-electron chi connectivity index (χ2n) is 6.02. The van der Waals surface area contributed by atoms with Gasteiger partial charge in [0.2, 0.25) is 0 Å². The van der Waals surface area contributed by atoms with Crippen molar-refractivity contribution in [1.29, 1.82) is 0 Å². The van der Waals surface area contributed by atoms with E-state index in [2.05, 4.69) is 59.2 Å². The SMILES string of the molecule is CCNC(=NCCn1c(C)nc2ccccc21)NC1CC1C.I. The summed E-state index contributed by atoms with van der Waals surface area (Å²) in [7, 11) is 0. The third kappa shape index (κ3) is 4.37. The van der Waals surface area contributed by atoms with Gasteiger partial charge in [-0.3, -0.25) is 4.99 Å². The molecule has 2 N–H and O–H groups in total. The normalized spacial score (nSPS) is 20.2. The highest BCUT2D eigenvalue weighted by Crippen LogP contribution is 2.28. The fourth-order valence-corrected chi connectivity index (χ4v) is 2.76. The number of aryl methyl sites for hydroxylation is 1. The van der Waals surface area contributed by atoms with Crippen LogP contribution in [0.15, 0.2) is 29.3 Å². The monoisotopic (exact) mass is 427 g/mol. The lowest BCUT2D eigenvalue weighted by atomic mass is 10.3. The number of benzene rings is 1. The van der Waals surface area contributed by atoms with Crippen LogP contribution in [0.3, 0.4) is 0 Å². The summed E-state index contributed by atoms with van der Waals surface area (Å²) in [6.07, 6.45) is 1.25. The average molecular weight is 427 g/mol. The first-order chi connectivity index (χ1) is 10.7. The molecule has 1 aromatic heterocycles. The maximum Gasteiger partial charge on any atom is 0.191 e. The van der Waals surface area contributed by atoms with Gasteiger partial charge in [0.15, 0.2) is 5.96 Å². The molecule has 0 amide bonds. The Labute approximate surface area is 155 Å². The third-order valence-corrected chi connectivity index (χ3v) is 4.21. The number of fused-ring (bicyclic) bond motifs is 1. The molecule has 0 bridgehead atoms. The zero-order valence-corrected chi connectivity index (χ0v) is 16.4. The van der Waals surface area contributed by atoms with E-state index in [1.54, 1.807) is 0 Å². The molecule has 2 unspecified atom stereocenters. The molecule has 126 valence electrons. The first-order valence-electron chi connectivity index (χ1n) is 8.15. The van der Waals surface area contributed by atoms with Gasteiger partial charge in [-0.15, -0.1) is 24.0 Å². The van der Waals surface area contributed by atoms with Crippen molar-refractivity contribution in [1.82, 2.24) is 20.2 Å². The Bertz CT molecular complexity index is 679.